The van der Waals surface area contributed by atoms with Crippen LogP contribution in [0.15, 0.2) is 90.0 Å². The van der Waals surface area contributed by atoms with Gasteiger partial charge in [0.05, 0.1) is 0 Å². The highest BCUT2D eigenvalue weighted by atomic mass is 32.2. The third-order valence-corrected chi connectivity index (χ3v) is 10.5. The first kappa shape index (κ1) is 33.1. The number of nitrogens with one attached hydrogen (secondary N) is 1. The molecule has 4 heteroatoms. The number of nitrogens with zero attached hydrogens (tertiary/aromatic N) is 1. The van der Waals surface area contributed by atoms with Gasteiger partial charge in [-0.25, -0.2) is 4.39 Å². The van der Waals surface area contributed by atoms with Crippen molar-refractivity contribution in [1.29, 1.82) is 0 Å². The minimum atomic E-state index is -1.18. The molecule has 1 saturated heterocycles. The number of likely N-dealkylation sites (tertiary alicyclic amines) is 1. The van der Waals surface area contributed by atoms with Crippen LogP contribution in [0.1, 0.15) is 75.6 Å². The molecule has 43 heavy (non-hydrogen) atoms. The van der Waals surface area contributed by atoms with E-state index in [1.54, 1.807) is 6.92 Å². The first-order valence-electron chi connectivity index (χ1n) is 15.9. The molecule has 232 valence electrons. The van der Waals surface area contributed by atoms with E-state index in [2.05, 4.69) is 128 Å². The van der Waals surface area contributed by atoms with Crippen molar-refractivity contribution in [3.05, 3.63) is 102 Å². The Balaban J connectivity index is 0.000000203. The number of aryl methyl sites for hydroxylation is 1. The first-order valence-corrected chi connectivity index (χ1v) is 18.2. The second-order valence-electron chi connectivity index (χ2n) is 13.6. The Labute approximate surface area is 261 Å². The van der Waals surface area contributed by atoms with E-state index in [9.17, 15) is 4.39 Å². The summed E-state index contributed by atoms with van der Waals surface area (Å²) in [4.78, 5) is 3.41. The molecule has 3 aromatic rings. The number of allylic oxidation sites excluding steroid dienone is 1. The number of alkyl halides is 1. The zero-order valence-electron chi connectivity index (χ0n) is 27.2. The van der Waals surface area contributed by atoms with Crippen molar-refractivity contribution in [2.24, 2.45) is 11.8 Å². The number of rotatable bonds is 8. The second kappa shape index (κ2) is 14.3. The van der Waals surface area contributed by atoms with Gasteiger partial charge < -0.3 is 5.32 Å². The van der Waals surface area contributed by atoms with Crippen LogP contribution < -0.4 is 5.32 Å². The van der Waals surface area contributed by atoms with Crippen LogP contribution in [0.2, 0.25) is 0 Å². The Morgan fingerprint density at radius 3 is 2.23 bits per heavy atom. The van der Waals surface area contributed by atoms with Crippen molar-refractivity contribution in [1.82, 2.24) is 10.2 Å². The van der Waals surface area contributed by atoms with Gasteiger partial charge >= 0.3 is 0 Å². The molecule has 2 aliphatic rings. The lowest BCUT2D eigenvalue weighted by Crippen LogP contribution is -2.25. The normalized spacial score (nSPS) is 23.2. The molecule has 1 aliphatic carbocycles. The summed E-state index contributed by atoms with van der Waals surface area (Å²) in [6.07, 6.45) is 8.03. The molecular formula is C39H53FN2S. The average molecular weight is 601 g/mol. The van der Waals surface area contributed by atoms with Crippen LogP contribution in [-0.4, -0.2) is 41.7 Å². The van der Waals surface area contributed by atoms with Crippen LogP contribution in [0.4, 0.5) is 4.39 Å². The van der Waals surface area contributed by atoms with Gasteiger partial charge in [0, 0.05) is 31.4 Å². The van der Waals surface area contributed by atoms with Gasteiger partial charge in [-0.15, -0.1) is 0 Å². The summed E-state index contributed by atoms with van der Waals surface area (Å²) < 4.78 is 14.0. The van der Waals surface area contributed by atoms with Gasteiger partial charge in [0.15, 0.2) is 0 Å². The standard InChI is InChI=1S/C21H26FNS.C18H27N/c1-21(22)12-13-23(16-21)15-17-6-5-7-19(14-17)18-8-10-20(11-9-18)24(2,3)4;1-13-5-9-17(10-6-13)15(3)19-16(4)18-11-7-14(2)8-12-18/h5-11,14H,2-3,12-13,15-16H2,1,4H3;7-8,11-13,16-17,19H,3,5-6,9-10H2,1-2,4H3. The lowest BCUT2D eigenvalue weighted by molar-refractivity contribution is 0.186. The van der Waals surface area contributed by atoms with E-state index in [1.165, 1.54) is 64.1 Å². The third kappa shape index (κ3) is 9.84. The maximum atomic E-state index is 14.0. The zero-order valence-corrected chi connectivity index (χ0v) is 28.0. The predicted molar refractivity (Wildman–Crippen MR) is 190 cm³/mol. The van der Waals surface area contributed by atoms with Crippen molar-refractivity contribution >= 4 is 20.9 Å². The van der Waals surface area contributed by atoms with E-state index < -0.39 is 14.9 Å². The Bertz CT molecular complexity index is 1450. The molecule has 0 aromatic heterocycles. The summed E-state index contributed by atoms with van der Waals surface area (Å²) in [7, 11) is -1.18. The van der Waals surface area contributed by atoms with Crippen LogP contribution in [0.5, 0.6) is 0 Å². The number of benzene rings is 3. The minimum Gasteiger partial charge on any atom is -0.382 e. The van der Waals surface area contributed by atoms with Crippen LogP contribution >= 0.6 is 9.21 Å². The number of hydrogen-bond acceptors (Lipinski definition) is 2. The SMILES string of the molecule is C=C(NC(C)c1ccc(C)cc1)C1CCC(C)CC1.C=S(=C)(C)c1ccc(-c2cccc(CN3CCC(C)(F)C3)c2)cc1. The van der Waals surface area contributed by atoms with Crippen molar-refractivity contribution in [2.45, 2.75) is 82.9 Å². The molecule has 3 aromatic carbocycles. The fraction of sp³-hybridized carbons (Fsp3) is 0.436. The van der Waals surface area contributed by atoms with E-state index in [1.807, 2.05) is 0 Å². The maximum Gasteiger partial charge on any atom is 0.122 e. The molecule has 2 nitrogen and oxygen atoms in total. The zero-order chi connectivity index (χ0) is 31.2. The Hall–Kier alpha value is -2.82. The summed E-state index contributed by atoms with van der Waals surface area (Å²) in [5.41, 5.74) is 6.49. The van der Waals surface area contributed by atoms with Gasteiger partial charge in [0.2, 0.25) is 0 Å². The van der Waals surface area contributed by atoms with Crippen LogP contribution in [0.3, 0.4) is 0 Å². The lowest BCUT2D eigenvalue weighted by atomic mass is 9.81. The fourth-order valence-corrected chi connectivity index (χ4v) is 6.97. The third-order valence-electron chi connectivity index (χ3n) is 9.08. The second-order valence-corrected chi connectivity index (χ2v) is 16.7. The molecule has 2 atom stereocenters. The van der Waals surface area contributed by atoms with Crippen molar-refractivity contribution in [3.8, 4) is 11.1 Å². The Morgan fingerprint density at radius 2 is 1.65 bits per heavy atom. The Morgan fingerprint density at radius 1 is 1.00 bits per heavy atom. The number of halogens is 1. The summed E-state index contributed by atoms with van der Waals surface area (Å²) in [5, 5.41) is 3.61. The summed E-state index contributed by atoms with van der Waals surface area (Å²) >= 11 is 0. The Kier molecular flexibility index (Phi) is 11.0. The topological polar surface area (TPSA) is 15.3 Å². The summed E-state index contributed by atoms with van der Waals surface area (Å²) in [6.45, 7) is 14.9. The monoisotopic (exact) mass is 600 g/mol. The van der Waals surface area contributed by atoms with Gasteiger partial charge in [-0.05, 0) is 103 Å². The molecule has 1 aliphatic heterocycles. The van der Waals surface area contributed by atoms with Crippen LogP contribution in [0, 0.1) is 18.8 Å². The summed E-state index contributed by atoms with van der Waals surface area (Å²) in [6, 6.07) is 26.2. The van der Waals surface area contributed by atoms with E-state index in [0.717, 1.165) is 19.0 Å². The fourth-order valence-electron chi connectivity index (χ4n) is 6.18. The average Bonchev–Trinajstić information content (AvgIpc) is 3.31. The van der Waals surface area contributed by atoms with Crippen LogP contribution in [-0.2, 0) is 6.54 Å². The van der Waals surface area contributed by atoms with Crippen molar-refractivity contribution in [2.75, 3.05) is 19.3 Å². The summed E-state index contributed by atoms with van der Waals surface area (Å²) in [5.74, 6) is 9.90. The quantitative estimate of drug-likeness (QED) is 0.259. The van der Waals surface area contributed by atoms with Crippen molar-refractivity contribution in [3.63, 3.8) is 0 Å². The predicted octanol–water partition coefficient (Wildman–Crippen LogP) is 9.93. The highest BCUT2D eigenvalue weighted by Crippen LogP contribution is 2.33. The highest BCUT2D eigenvalue weighted by molar-refractivity contribution is 8.27. The van der Waals surface area contributed by atoms with Crippen molar-refractivity contribution < 1.29 is 4.39 Å². The molecule has 1 N–H and O–H groups in total. The molecule has 0 amide bonds. The molecule has 5 rings (SSSR count). The molecule has 1 heterocycles. The molecule has 1 saturated carbocycles. The van der Waals surface area contributed by atoms with E-state index in [0.29, 0.717) is 24.9 Å². The van der Waals surface area contributed by atoms with Gasteiger partial charge in [0.1, 0.15) is 5.67 Å². The first-order chi connectivity index (χ1) is 20.3. The van der Waals surface area contributed by atoms with Crippen LogP contribution in [0.25, 0.3) is 11.1 Å². The molecule has 0 spiro atoms. The molecule has 2 fully saturated rings. The highest BCUT2D eigenvalue weighted by Gasteiger charge is 2.33. The largest absolute Gasteiger partial charge is 0.382 e. The van der Waals surface area contributed by atoms with E-state index >= 15 is 0 Å². The lowest BCUT2D eigenvalue weighted by Gasteiger charge is -2.30. The molecule has 0 bridgehead atoms. The minimum absolute atomic E-state index is 0.354. The van der Waals surface area contributed by atoms with E-state index in [4.69, 9.17) is 0 Å². The smallest absolute Gasteiger partial charge is 0.122 e. The molecule has 0 radical (unpaired) electrons. The molecular weight excluding hydrogens is 548 g/mol. The van der Waals surface area contributed by atoms with Gasteiger partial charge in [-0.3, -0.25) is 4.90 Å². The van der Waals surface area contributed by atoms with Gasteiger partial charge in [-0.2, -0.15) is 9.21 Å². The van der Waals surface area contributed by atoms with E-state index in [-0.39, 0.29) is 0 Å². The number of hydrogen-bond donors (Lipinski definition) is 1. The molecule has 2 unspecified atom stereocenters. The van der Waals surface area contributed by atoms with Gasteiger partial charge in [0.25, 0.3) is 0 Å². The maximum absolute atomic E-state index is 14.0. The van der Waals surface area contributed by atoms with Gasteiger partial charge in [-0.1, -0.05) is 98.2 Å².